The number of hydrogen-bond acceptors (Lipinski definition) is 6. The van der Waals surface area contributed by atoms with Gasteiger partial charge in [-0.25, -0.2) is 0 Å². The van der Waals surface area contributed by atoms with Gasteiger partial charge in [-0.05, 0) is 77.0 Å². The summed E-state index contributed by atoms with van der Waals surface area (Å²) in [6.07, 6.45) is 8.80. The topological polar surface area (TPSA) is 58.6 Å². The highest BCUT2D eigenvalue weighted by Gasteiger charge is 2.30. The van der Waals surface area contributed by atoms with Crippen molar-refractivity contribution in [1.82, 2.24) is 4.90 Å². The fourth-order valence-corrected chi connectivity index (χ4v) is 8.02. The third-order valence-corrected chi connectivity index (χ3v) is 10.2. The van der Waals surface area contributed by atoms with E-state index >= 15 is 0 Å². The zero-order valence-corrected chi connectivity index (χ0v) is 22.1. The van der Waals surface area contributed by atoms with Crippen LogP contribution in [-0.4, -0.2) is 53.0 Å². The van der Waals surface area contributed by atoms with Gasteiger partial charge in [0, 0.05) is 29.2 Å². The number of likely N-dealkylation sites (tertiary alicyclic amines) is 1. The van der Waals surface area contributed by atoms with Crippen LogP contribution in [0, 0.1) is 13.8 Å². The number of esters is 1. The van der Waals surface area contributed by atoms with Gasteiger partial charge in [0.15, 0.2) is 0 Å². The molecule has 3 rings (SSSR count). The first-order valence-corrected chi connectivity index (χ1v) is 14.8. The van der Waals surface area contributed by atoms with Crippen molar-refractivity contribution >= 4 is 39.2 Å². The molecule has 0 bridgehead atoms. The molecule has 1 aromatic carbocycles. The normalized spacial score (nSPS) is 23.4. The van der Waals surface area contributed by atoms with Crippen LogP contribution in [0.15, 0.2) is 18.2 Å². The average molecular weight is 493 g/mol. The molecule has 1 N–H and O–H groups in total. The van der Waals surface area contributed by atoms with Gasteiger partial charge in [-0.2, -0.15) is 0 Å². The minimum atomic E-state index is -0.110. The molecule has 7 heteroatoms. The van der Waals surface area contributed by atoms with E-state index in [0.717, 1.165) is 68.4 Å². The molecule has 0 aromatic heterocycles. The van der Waals surface area contributed by atoms with Crippen LogP contribution in [0.2, 0.25) is 0 Å². The molecule has 2 aliphatic heterocycles. The van der Waals surface area contributed by atoms with E-state index in [0.29, 0.717) is 17.8 Å². The molecule has 5 nitrogen and oxygen atoms in total. The van der Waals surface area contributed by atoms with Gasteiger partial charge < -0.3 is 10.1 Å². The van der Waals surface area contributed by atoms with Crippen LogP contribution in [-0.2, 0) is 14.3 Å². The summed E-state index contributed by atoms with van der Waals surface area (Å²) in [5.74, 6) is 1.24. The van der Waals surface area contributed by atoms with Crippen molar-refractivity contribution in [3.05, 3.63) is 29.3 Å². The van der Waals surface area contributed by atoms with Crippen molar-refractivity contribution in [3.63, 3.8) is 0 Å². The highest BCUT2D eigenvalue weighted by atomic mass is 33.1. The Labute approximate surface area is 207 Å². The highest BCUT2D eigenvalue weighted by Crippen LogP contribution is 2.49. The van der Waals surface area contributed by atoms with Crippen LogP contribution in [0.1, 0.15) is 75.8 Å². The molecule has 0 radical (unpaired) electrons. The molecule has 1 unspecified atom stereocenters. The van der Waals surface area contributed by atoms with Crippen molar-refractivity contribution < 1.29 is 14.3 Å². The Hall–Kier alpha value is -1.18. The first kappa shape index (κ1) is 26.4. The summed E-state index contributed by atoms with van der Waals surface area (Å²) in [5.41, 5.74) is 3.11. The van der Waals surface area contributed by atoms with Gasteiger partial charge >= 0.3 is 5.97 Å². The Morgan fingerprint density at radius 2 is 1.97 bits per heavy atom. The molecule has 2 aliphatic rings. The number of rotatable bonds is 11. The third-order valence-electron chi connectivity index (χ3n) is 6.81. The van der Waals surface area contributed by atoms with E-state index in [9.17, 15) is 9.59 Å². The lowest BCUT2D eigenvalue weighted by molar-refractivity contribution is -0.144. The molecule has 1 amide bonds. The molecule has 1 aromatic rings. The third kappa shape index (κ3) is 8.22. The van der Waals surface area contributed by atoms with Gasteiger partial charge in [0.1, 0.15) is 0 Å². The number of carbonyl (C=O) groups is 2. The number of unbranched alkanes of at least 4 members (excludes halogenated alkanes) is 1. The number of anilines is 1. The number of aryl methyl sites for hydroxylation is 2. The summed E-state index contributed by atoms with van der Waals surface area (Å²) in [4.78, 5) is 27.4. The molecule has 0 spiro atoms. The van der Waals surface area contributed by atoms with Gasteiger partial charge in [0.2, 0.25) is 5.91 Å². The zero-order valence-electron chi connectivity index (χ0n) is 20.5. The van der Waals surface area contributed by atoms with Gasteiger partial charge in [-0.1, -0.05) is 52.6 Å². The van der Waals surface area contributed by atoms with Crippen molar-refractivity contribution in [2.45, 2.75) is 89.3 Å². The number of benzene rings is 1. The maximum Gasteiger partial charge on any atom is 0.305 e. The summed E-state index contributed by atoms with van der Waals surface area (Å²) in [7, 11) is 3.97. The number of amides is 1. The second-order valence-electron chi connectivity index (χ2n) is 9.69. The Morgan fingerprint density at radius 1 is 1.18 bits per heavy atom. The van der Waals surface area contributed by atoms with E-state index in [1.807, 2.05) is 53.6 Å². The molecule has 2 heterocycles. The first-order chi connectivity index (χ1) is 15.9. The number of carbonyl (C=O) groups excluding carboxylic acids is 2. The lowest BCUT2D eigenvalue weighted by atomic mass is 9.99. The van der Waals surface area contributed by atoms with Gasteiger partial charge in [-0.15, -0.1) is 0 Å². The van der Waals surface area contributed by atoms with Gasteiger partial charge in [0.25, 0.3) is 0 Å². The Morgan fingerprint density at radius 3 is 2.70 bits per heavy atom. The number of nitrogens with one attached hydrogen (secondary N) is 1. The SMILES string of the molecule is Cc1cccc(C)c1NC(=O)C1CCCCN1CCCOC(=O)CCCC[C@]1(C)CCSS1. The van der Waals surface area contributed by atoms with E-state index in [1.165, 1.54) is 18.6 Å². The van der Waals surface area contributed by atoms with Crippen LogP contribution in [0.4, 0.5) is 5.69 Å². The summed E-state index contributed by atoms with van der Waals surface area (Å²) < 4.78 is 5.87. The van der Waals surface area contributed by atoms with E-state index in [4.69, 9.17) is 4.74 Å². The highest BCUT2D eigenvalue weighted by molar-refractivity contribution is 8.77. The van der Waals surface area contributed by atoms with Crippen molar-refractivity contribution in [3.8, 4) is 0 Å². The van der Waals surface area contributed by atoms with E-state index in [2.05, 4.69) is 17.1 Å². The van der Waals surface area contributed by atoms with E-state index in [1.54, 1.807) is 0 Å². The lowest BCUT2D eigenvalue weighted by Crippen LogP contribution is -2.47. The van der Waals surface area contributed by atoms with Gasteiger partial charge in [0.05, 0.1) is 12.6 Å². The largest absolute Gasteiger partial charge is 0.466 e. The van der Waals surface area contributed by atoms with E-state index in [-0.39, 0.29) is 17.9 Å². The van der Waals surface area contributed by atoms with Crippen LogP contribution >= 0.6 is 21.6 Å². The van der Waals surface area contributed by atoms with Crippen LogP contribution in [0.3, 0.4) is 0 Å². The quantitative estimate of drug-likeness (QED) is 0.228. The Bertz CT molecular complexity index is 775. The first-order valence-electron chi connectivity index (χ1n) is 12.5. The summed E-state index contributed by atoms with van der Waals surface area (Å²) in [6, 6.07) is 5.97. The lowest BCUT2D eigenvalue weighted by Gasteiger charge is -2.34. The molecule has 2 fully saturated rings. The molecule has 2 saturated heterocycles. The average Bonchev–Trinajstić information content (AvgIpc) is 3.23. The molecule has 0 aliphatic carbocycles. The summed E-state index contributed by atoms with van der Waals surface area (Å²) in [6.45, 7) is 8.54. The van der Waals surface area contributed by atoms with Crippen molar-refractivity contribution in [2.75, 3.05) is 30.8 Å². The fourth-order valence-electron chi connectivity index (χ4n) is 4.72. The molecular formula is C26H40N2O3S2. The Balaban J connectivity index is 1.35. The number of hydrogen-bond donors (Lipinski definition) is 1. The molecular weight excluding hydrogens is 452 g/mol. The minimum Gasteiger partial charge on any atom is -0.466 e. The summed E-state index contributed by atoms with van der Waals surface area (Å²) >= 11 is 0. The van der Waals surface area contributed by atoms with E-state index < -0.39 is 0 Å². The predicted molar refractivity (Wildman–Crippen MR) is 141 cm³/mol. The number of ether oxygens (including phenoxy) is 1. The maximum atomic E-state index is 13.0. The molecule has 2 atom stereocenters. The van der Waals surface area contributed by atoms with Crippen LogP contribution in [0.5, 0.6) is 0 Å². The monoisotopic (exact) mass is 492 g/mol. The minimum absolute atomic E-state index is 0.0802. The summed E-state index contributed by atoms with van der Waals surface area (Å²) in [5, 5.41) is 3.17. The standard InChI is InChI=1S/C26H40N2O3S2/c1-20-10-8-11-21(2)24(20)27-25(30)22-12-5-7-16-28(22)17-9-18-31-23(29)13-4-6-14-26(3)15-19-32-33-26/h8,10-11,22H,4-7,9,12-19H2,1-3H3,(H,27,30)/t22?,26-/m1/s1. The molecule has 33 heavy (non-hydrogen) atoms. The van der Waals surface area contributed by atoms with Crippen LogP contribution in [0.25, 0.3) is 0 Å². The van der Waals surface area contributed by atoms with Crippen LogP contribution < -0.4 is 5.32 Å². The zero-order chi connectivity index (χ0) is 23.7. The second kappa shape index (κ2) is 13.1. The number of para-hydroxylation sites is 1. The predicted octanol–water partition coefficient (Wildman–Crippen LogP) is 6.13. The Kier molecular flexibility index (Phi) is 10.5. The number of piperidine rings is 1. The van der Waals surface area contributed by atoms with Crippen molar-refractivity contribution in [2.24, 2.45) is 0 Å². The smallest absolute Gasteiger partial charge is 0.305 e. The fraction of sp³-hybridized carbons (Fsp3) is 0.692. The molecule has 184 valence electrons. The maximum absolute atomic E-state index is 13.0. The second-order valence-corrected chi connectivity index (χ2v) is 12.7. The van der Waals surface area contributed by atoms with Gasteiger partial charge in [-0.3, -0.25) is 14.5 Å². The van der Waals surface area contributed by atoms with Crippen molar-refractivity contribution in [1.29, 1.82) is 0 Å². The molecule has 0 saturated carbocycles. The number of nitrogens with zero attached hydrogens (tertiary/aromatic N) is 1.